The highest BCUT2D eigenvalue weighted by atomic mass is 32.2. The molecule has 0 saturated carbocycles. The molecule has 1 saturated heterocycles. The molecular formula is C21H25FN2OS. The van der Waals surface area contributed by atoms with Gasteiger partial charge in [-0.15, -0.1) is 11.8 Å². The van der Waals surface area contributed by atoms with Gasteiger partial charge in [-0.3, -0.25) is 4.79 Å². The number of hydrogen-bond donors (Lipinski definition) is 2. The van der Waals surface area contributed by atoms with Crippen LogP contribution in [0.5, 0.6) is 0 Å². The lowest BCUT2D eigenvalue weighted by Gasteiger charge is -2.34. The first-order chi connectivity index (χ1) is 12.6. The van der Waals surface area contributed by atoms with Gasteiger partial charge in [0.2, 0.25) is 5.91 Å². The van der Waals surface area contributed by atoms with E-state index in [-0.39, 0.29) is 22.4 Å². The van der Waals surface area contributed by atoms with E-state index in [2.05, 4.69) is 17.6 Å². The largest absolute Gasteiger partial charge is 0.354 e. The van der Waals surface area contributed by atoms with Gasteiger partial charge in [0.25, 0.3) is 0 Å². The van der Waals surface area contributed by atoms with Gasteiger partial charge in [-0.2, -0.15) is 0 Å². The second-order valence-corrected chi connectivity index (χ2v) is 8.32. The minimum atomic E-state index is -0.355. The van der Waals surface area contributed by atoms with E-state index in [1.54, 1.807) is 12.1 Å². The summed E-state index contributed by atoms with van der Waals surface area (Å²) < 4.78 is 13.2. The minimum Gasteiger partial charge on any atom is -0.354 e. The Balaban J connectivity index is 1.72. The van der Waals surface area contributed by atoms with Gasteiger partial charge in [-0.05, 0) is 61.2 Å². The van der Waals surface area contributed by atoms with Gasteiger partial charge in [0, 0.05) is 11.4 Å². The van der Waals surface area contributed by atoms with Crippen LogP contribution in [0.25, 0.3) is 0 Å². The molecule has 138 valence electrons. The number of carbonyl (C=O) groups excluding carboxylic acids is 1. The van der Waals surface area contributed by atoms with Crippen LogP contribution in [-0.2, 0) is 4.79 Å². The molecule has 0 radical (unpaired) electrons. The van der Waals surface area contributed by atoms with Gasteiger partial charge in [0.05, 0.1) is 0 Å². The first-order valence-corrected chi connectivity index (χ1v) is 9.89. The Morgan fingerprint density at radius 2 is 1.81 bits per heavy atom. The van der Waals surface area contributed by atoms with E-state index in [9.17, 15) is 9.18 Å². The number of thioether (sulfide) groups is 1. The van der Waals surface area contributed by atoms with Crippen LogP contribution in [0.4, 0.5) is 4.39 Å². The number of hydrogen-bond acceptors (Lipinski definition) is 3. The molecule has 1 aliphatic rings. The molecule has 3 rings (SSSR count). The summed E-state index contributed by atoms with van der Waals surface area (Å²) in [6.45, 7) is 4.91. The third kappa shape index (κ3) is 5.08. The Morgan fingerprint density at radius 1 is 1.15 bits per heavy atom. The molecule has 26 heavy (non-hydrogen) atoms. The van der Waals surface area contributed by atoms with Gasteiger partial charge in [-0.1, -0.05) is 37.3 Å². The maximum atomic E-state index is 13.2. The number of benzene rings is 2. The van der Waals surface area contributed by atoms with Crippen LogP contribution in [0.3, 0.4) is 0 Å². The molecule has 0 bridgehead atoms. The summed E-state index contributed by atoms with van der Waals surface area (Å²) in [7, 11) is 0. The molecule has 1 aliphatic heterocycles. The fourth-order valence-electron chi connectivity index (χ4n) is 3.15. The van der Waals surface area contributed by atoms with Gasteiger partial charge >= 0.3 is 0 Å². The first-order valence-electron chi connectivity index (χ1n) is 9.01. The fourth-order valence-corrected chi connectivity index (χ4v) is 4.20. The first kappa shape index (κ1) is 18.9. The number of nitrogens with one attached hydrogen (secondary N) is 2. The van der Waals surface area contributed by atoms with E-state index in [0.717, 1.165) is 36.4 Å². The van der Waals surface area contributed by atoms with Crippen molar-refractivity contribution in [3.8, 4) is 0 Å². The summed E-state index contributed by atoms with van der Waals surface area (Å²) in [4.78, 5) is 13.9. The van der Waals surface area contributed by atoms with Crippen molar-refractivity contribution < 1.29 is 9.18 Å². The summed E-state index contributed by atoms with van der Waals surface area (Å²) in [5, 5.41) is 6.17. The number of rotatable bonds is 6. The molecular weight excluding hydrogens is 347 g/mol. The average molecular weight is 373 g/mol. The van der Waals surface area contributed by atoms with Crippen molar-refractivity contribution in [1.29, 1.82) is 0 Å². The topological polar surface area (TPSA) is 41.1 Å². The normalized spacial score (nSPS) is 17.5. The van der Waals surface area contributed by atoms with Crippen LogP contribution < -0.4 is 10.6 Å². The maximum absolute atomic E-state index is 13.2. The predicted octanol–water partition coefficient (Wildman–Crippen LogP) is 4.17. The second kappa shape index (κ2) is 8.69. The molecule has 5 heteroatoms. The van der Waals surface area contributed by atoms with Crippen molar-refractivity contribution in [3.05, 3.63) is 66.0 Å². The maximum Gasteiger partial charge on any atom is 0.238 e. The number of piperidine rings is 1. The van der Waals surface area contributed by atoms with E-state index in [0.29, 0.717) is 6.54 Å². The van der Waals surface area contributed by atoms with Crippen LogP contribution in [0.1, 0.15) is 30.6 Å². The lowest BCUT2D eigenvalue weighted by molar-refractivity contribution is -0.121. The zero-order valence-corrected chi connectivity index (χ0v) is 15.8. The SMILES string of the molecule is CC1(CNC(=O)C(Sc2ccc(F)cc2)c2ccccc2)CCNCC1. The number of halogens is 1. The summed E-state index contributed by atoms with van der Waals surface area (Å²) in [5.74, 6) is -0.265. The van der Waals surface area contributed by atoms with Crippen molar-refractivity contribution in [3.63, 3.8) is 0 Å². The summed E-state index contributed by atoms with van der Waals surface area (Å²) in [6, 6.07) is 16.0. The highest BCUT2D eigenvalue weighted by molar-refractivity contribution is 8.00. The average Bonchev–Trinajstić information content (AvgIpc) is 2.67. The smallest absolute Gasteiger partial charge is 0.238 e. The molecule has 1 atom stereocenters. The van der Waals surface area contributed by atoms with Gasteiger partial charge in [0.1, 0.15) is 11.1 Å². The molecule has 1 heterocycles. The molecule has 3 nitrogen and oxygen atoms in total. The van der Waals surface area contributed by atoms with Crippen LogP contribution >= 0.6 is 11.8 Å². The molecule has 2 aromatic rings. The molecule has 0 spiro atoms. The molecule has 0 aromatic heterocycles. The predicted molar refractivity (Wildman–Crippen MR) is 105 cm³/mol. The van der Waals surface area contributed by atoms with E-state index < -0.39 is 0 Å². The Morgan fingerprint density at radius 3 is 2.46 bits per heavy atom. The summed E-state index contributed by atoms with van der Waals surface area (Å²) in [6.07, 6.45) is 2.13. The number of carbonyl (C=O) groups is 1. The molecule has 0 aliphatic carbocycles. The Kier molecular flexibility index (Phi) is 6.33. The summed E-state index contributed by atoms with van der Waals surface area (Å²) in [5.41, 5.74) is 1.10. The van der Waals surface area contributed by atoms with Gasteiger partial charge in [-0.25, -0.2) is 4.39 Å². The standard InChI is InChI=1S/C21H25FN2OS/c1-21(11-13-23-14-12-21)15-24-20(25)19(16-5-3-2-4-6-16)26-18-9-7-17(22)8-10-18/h2-10,19,23H,11-15H2,1H3,(H,24,25). The molecule has 1 fully saturated rings. The van der Waals surface area contributed by atoms with Gasteiger partial charge < -0.3 is 10.6 Å². The number of amides is 1. The monoisotopic (exact) mass is 372 g/mol. The highest BCUT2D eigenvalue weighted by Crippen LogP contribution is 2.36. The van der Waals surface area contributed by atoms with Crippen molar-refractivity contribution in [2.45, 2.75) is 29.9 Å². The van der Waals surface area contributed by atoms with E-state index in [1.165, 1.54) is 23.9 Å². The quantitative estimate of drug-likeness (QED) is 0.748. The molecule has 1 amide bonds. The van der Waals surface area contributed by atoms with E-state index >= 15 is 0 Å². The van der Waals surface area contributed by atoms with Crippen molar-refractivity contribution in [1.82, 2.24) is 10.6 Å². The Hall–Kier alpha value is -1.85. The Labute approximate surface area is 158 Å². The van der Waals surface area contributed by atoms with Gasteiger partial charge in [0.15, 0.2) is 0 Å². The highest BCUT2D eigenvalue weighted by Gasteiger charge is 2.29. The minimum absolute atomic E-state index is 0.00489. The molecule has 1 unspecified atom stereocenters. The lowest BCUT2D eigenvalue weighted by atomic mass is 9.81. The van der Waals surface area contributed by atoms with Crippen molar-refractivity contribution in [2.75, 3.05) is 19.6 Å². The van der Waals surface area contributed by atoms with Crippen LogP contribution in [0, 0.1) is 11.2 Å². The second-order valence-electron chi connectivity index (χ2n) is 7.14. The zero-order chi connectivity index (χ0) is 18.4. The zero-order valence-electron chi connectivity index (χ0n) is 15.0. The van der Waals surface area contributed by atoms with Crippen LogP contribution in [0.2, 0.25) is 0 Å². The van der Waals surface area contributed by atoms with Crippen molar-refractivity contribution in [2.24, 2.45) is 5.41 Å². The fraction of sp³-hybridized carbons (Fsp3) is 0.381. The summed E-state index contributed by atoms with van der Waals surface area (Å²) >= 11 is 1.45. The Bertz CT molecular complexity index is 715. The van der Waals surface area contributed by atoms with E-state index in [1.807, 2.05) is 30.3 Å². The third-order valence-electron chi connectivity index (χ3n) is 4.91. The van der Waals surface area contributed by atoms with Crippen molar-refractivity contribution >= 4 is 17.7 Å². The van der Waals surface area contributed by atoms with Crippen LogP contribution in [0.15, 0.2) is 59.5 Å². The lowest BCUT2D eigenvalue weighted by Crippen LogP contribution is -2.43. The molecule has 2 N–H and O–H groups in total. The van der Waals surface area contributed by atoms with Crippen LogP contribution in [-0.4, -0.2) is 25.5 Å². The van der Waals surface area contributed by atoms with E-state index in [4.69, 9.17) is 0 Å². The third-order valence-corrected chi connectivity index (χ3v) is 6.17. The molecule has 2 aromatic carbocycles.